The molecular formula is C29H33N4O3+. The molecule has 0 spiro atoms. The number of hydrogen-bond donors (Lipinski definition) is 2. The minimum Gasteiger partial charge on any atom is -0.370 e. The van der Waals surface area contributed by atoms with Gasteiger partial charge in [-0.05, 0) is 42.2 Å². The maximum absolute atomic E-state index is 13.8. The highest BCUT2D eigenvalue weighted by Crippen LogP contribution is 2.36. The molecule has 2 fully saturated rings. The highest BCUT2D eigenvalue weighted by Gasteiger charge is 2.37. The molecule has 2 bridgehead atoms. The van der Waals surface area contributed by atoms with Crippen LogP contribution in [0.1, 0.15) is 23.6 Å². The Morgan fingerprint density at radius 3 is 2.53 bits per heavy atom. The summed E-state index contributed by atoms with van der Waals surface area (Å²) >= 11 is 0. The van der Waals surface area contributed by atoms with Crippen LogP contribution in [-0.2, 0) is 17.8 Å². The highest BCUT2D eigenvalue weighted by atomic mass is 16.5. The van der Waals surface area contributed by atoms with Crippen molar-refractivity contribution in [2.45, 2.75) is 25.4 Å². The van der Waals surface area contributed by atoms with Crippen LogP contribution < -0.4 is 15.8 Å². The number of carbonyl (C=O) groups is 1. The Kier molecular flexibility index (Phi) is 6.34. The van der Waals surface area contributed by atoms with E-state index in [1.807, 2.05) is 51.9 Å². The first-order valence-corrected chi connectivity index (χ1v) is 13.0. The van der Waals surface area contributed by atoms with Crippen LogP contribution in [0.3, 0.4) is 0 Å². The number of morpholine rings is 1. The van der Waals surface area contributed by atoms with E-state index in [-0.39, 0.29) is 23.4 Å². The van der Waals surface area contributed by atoms with Crippen molar-refractivity contribution in [2.24, 2.45) is 5.92 Å². The maximum Gasteiger partial charge on any atom is 0.321 e. The van der Waals surface area contributed by atoms with Gasteiger partial charge in [0.05, 0.1) is 13.2 Å². The fourth-order valence-corrected chi connectivity index (χ4v) is 6.08. The number of benzene rings is 2. The molecule has 0 saturated carbocycles. The minimum absolute atomic E-state index is 0.0668. The molecule has 36 heavy (non-hydrogen) atoms. The van der Waals surface area contributed by atoms with E-state index in [0.717, 1.165) is 61.8 Å². The second kappa shape index (κ2) is 9.91. The van der Waals surface area contributed by atoms with Gasteiger partial charge in [0.15, 0.2) is 0 Å². The number of ether oxygens (including phenoxy) is 1. The monoisotopic (exact) mass is 485 g/mol. The van der Waals surface area contributed by atoms with E-state index in [0.29, 0.717) is 19.6 Å². The quantitative estimate of drug-likeness (QED) is 0.597. The highest BCUT2D eigenvalue weighted by molar-refractivity contribution is 5.89. The third-order valence-electron chi connectivity index (χ3n) is 7.86. The van der Waals surface area contributed by atoms with Crippen LogP contribution in [-0.4, -0.2) is 54.9 Å². The van der Waals surface area contributed by atoms with E-state index in [1.165, 1.54) is 10.5 Å². The Bertz CT molecular complexity index is 1300. The first kappa shape index (κ1) is 23.0. The van der Waals surface area contributed by atoms with E-state index in [1.54, 1.807) is 0 Å². The number of quaternary nitrogens is 1. The molecule has 0 radical (unpaired) electrons. The summed E-state index contributed by atoms with van der Waals surface area (Å²) in [6, 6.07) is 22.0. The number of aromatic nitrogens is 1. The molecule has 7 nitrogen and oxygen atoms in total. The summed E-state index contributed by atoms with van der Waals surface area (Å²) in [6.07, 6.45) is 1.02. The molecule has 3 aliphatic heterocycles. The molecule has 3 aromatic rings. The molecule has 2 N–H and O–H groups in total. The summed E-state index contributed by atoms with van der Waals surface area (Å²) in [5.41, 5.74) is 4.98. The number of likely N-dealkylation sites (tertiary alicyclic amines) is 1. The lowest BCUT2D eigenvalue weighted by Crippen LogP contribution is -3.12. The Labute approximate surface area is 211 Å². The smallest absolute Gasteiger partial charge is 0.321 e. The van der Waals surface area contributed by atoms with Gasteiger partial charge in [-0.1, -0.05) is 42.5 Å². The predicted molar refractivity (Wildman–Crippen MR) is 139 cm³/mol. The van der Waals surface area contributed by atoms with E-state index in [9.17, 15) is 9.59 Å². The van der Waals surface area contributed by atoms with Crippen LogP contribution in [0.5, 0.6) is 0 Å². The number of carbonyl (C=O) groups excluding carboxylic acids is 1. The van der Waals surface area contributed by atoms with Crippen LogP contribution in [0.4, 0.5) is 10.5 Å². The number of amides is 2. The third-order valence-corrected chi connectivity index (χ3v) is 7.86. The first-order chi connectivity index (χ1) is 17.7. The summed E-state index contributed by atoms with van der Waals surface area (Å²) in [6.45, 7) is 6.43. The molecular weight excluding hydrogens is 452 g/mol. The summed E-state index contributed by atoms with van der Waals surface area (Å²) in [7, 11) is 0. The topological polar surface area (TPSA) is 68.0 Å². The lowest BCUT2D eigenvalue weighted by Gasteiger charge is -2.42. The first-order valence-electron chi connectivity index (χ1n) is 13.0. The molecule has 2 saturated heterocycles. The number of fused-ring (bicyclic) bond motifs is 4. The number of urea groups is 1. The molecule has 0 unspecified atom stereocenters. The van der Waals surface area contributed by atoms with Crippen LogP contribution >= 0.6 is 0 Å². The molecule has 0 aliphatic carbocycles. The average molecular weight is 486 g/mol. The van der Waals surface area contributed by atoms with Gasteiger partial charge in [0.2, 0.25) is 0 Å². The fourth-order valence-electron chi connectivity index (χ4n) is 6.08. The van der Waals surface area contributed by atoms with Crippen molar-refractivity contribution in [3.8, 4) is 11.1 Å². The third kappa shape index (κ3) is 4.56. The lowest BCUT2D eigenvalue weighted by molar-refractivity contribution is -0.921. The van der Waals surface area contributed by atoms with Gasteiger partial charge in [-0.15, -0.1) is 0 Å². The van der Waals surface area contributed by atoms with E-state index >= 15 is 0 Å². The molecule has 186 valence electrons. The summed E-state index contributed by atoms with van der Waals surface area (Å²) < 4.78 is 7.50. The molecule has 2 amide bonds. The summed E-state index contributed by atoms with van der Waals surface area (Å²) in [5.74, 6) is 0.451. The van der Waals surface area contributed by atoms with Gasteiger partial charge in [-0.25, -0.2) is 4.79 Å². The zero-order chi connectivity index (χ0) is 24.5. The van der Waals surface area contributed by atoms with E-state index in [4.69, 9.17) is 4.74 Å². The van der Waals surface area contributed by atoms with Crippen molar-refractivity contribution >= 4 is 11.7 Å². The average Bonchev–Trinajstić information content (AvgIpc) is 2.91. The molecule has 2 aromatic carbocycles. The Morgan fingerprint density at radius 1 is 0.917 bits per heavy atom. The van der Waals surface area contributed by atoms with Gasteiger partial charge >= 0.3 is 6.03 Å². The number of nitrogens with one attached hydrogen (secondary N) is 2. The van der Waals surface area contributed by atoms with Crippen molar-refractivity contribution in [3.63, 3.8) is 0 Å². The molecule has 3 aliphatic rings. The second-order valence-corrected chi connectivity index (χ2v) is 10.3. The maximum atomic E-state index is 13.8. The fraction of sp³-hybridized carbons (Fsp3) is 0.379. The molecule has 7 heteroatoms. The van der Waals surface area contributed by atoms with Crippen LogP contribution in [0.25, 0.3) is 11.1 Å². The van der Waals surface area contributed by atoms with Crippen LogP contribution in [0.15, 0.2) is 71.5 Å². The van der Waals surface area contributed by atoms with Gasteiger partial charge in [0.25, 0.3) is 5.56 Å². The Hall–Kier alpha value is -3.42. The van der Waals surface area contributed by atoms with Crippen molar-refractivity contribution < 1.29 is 14.4 Å². The Balaban J connectivity index is 1.25. The largest absolute Gasteiger partial charge is 0.370 e. The number of pyridine rings is 1. The number of rotatable bonds is 4. The zero-order valence-corrected chi connectivity index (χ0v) is 20.5. The van der Waals surface area contributed by atoms with Crippen LogP contribution in [0.2, 0.25) is 0 Å². The molecule has 1 aromatic heterocycles. The zero-order valence-electron chi connectivity index (χ0n) is 20.5. The molecule has 2 atom stereocenters. The number of piperidine rings is 1. The second-order valence-electron chi connectivity index (χ2n) is 10.3. The van der Waals surface area contributed by atoms with Gasteiger partial charge in [0, 0.05) is 48.1 Å². The van der Waals surface area contributed by atoms with Crippen molar-refractivity contribution in [3.05, 3.63) is 88.3 Å². The summed E-state index contributed by atoms with van der Waals surface area (Å²) in [4.78, 5) is 30.1. The van der Waals surface area contributed by atoms with Crippen molar-refractivity contribution in [2.75, 3.05) is 44.7 Å². The number of para-hydroxylation sites is 1. The van der Waals surface area contributed by atoms with Crippen molar-refractivity contribution in [1.29, 1.82) is 0 Å². The predicted octanol–water partition coefficient (Wildman–Crippen LogP) is 2.58. The van der Waals surface area contributed by atoms with Gasteiger partial charge in [0.1, 0.15) is 19.6 Å². The van der Waals surface area contributed by atoms with Gasteiger partial charge in [-0.3, -0.25) is 4.79 Å². The van der Waals surface area contributed by atoms with E-state index < -0.39 is 0 Å². The minimum atomic E-state index is -0.0668. The lowest BCUT2D eigenvalue weighted by atomic mass is 9.83. The van der Waals surface area contributed by atoms with Gasteiger partial charge < -0.3 is 24.4 Å². The summed E-state index contributed by atoms with van der Waals surface area (Å²) in [5, 5.41) is 3.02. The Morgan fingerprint density at radius 2 is 1.69 bits per heavy atom. The van der Waals surface area contributed by atoms with Crippen molar-refractivity contribution in [1.82, 2.24) is 9.47 Å². The van der Waals surface area contributed by atoms with E-state index in [2.05, 4.69) is 29.6 Å². The van der Waals surface area contributed by atoms with Crippen LogP contribution in [0, 0.1) is 5.92 Å². The number of anilines is 1. The standard InChI is InChI=1S/C29H32N4O3/c34-28-26(25-9-5-4-6-22(25)19-31-12-14-36-15-13-31)10-11-27-23-16-21(18-33(27)28)17-32(20-23)29(35)30-24-7-2-1-3-8-24/h1-11,21,23H,12-20H2,(H,30,35)/p+1/t21-,23+/m0/s1. The molecule has 6 rings (SSSR count). The normalized spacial score (nSPS) is 21.6. The number of nitrogens with zero attached hydrogens (tertiary/aromatic N) is 2. The molecule has 4 heterocycles. The van der Waals surface area contributed by atoms with Gasteiger partial charge in [-0.2, -0.15) is 0 Å². The number of hydrogen-bond acceptors (Lipinski definition) is 3. The SMILES string of the molecule is O=C(Nc1ccccc1)N1C[C@@H]2C[C@H](C1)c1ccc(-c3ccccc3C[NH+]3CCOCC3)c(=O)n1C2.